The number of hydrogen-bond donors (Lipinski definition) is 0. The maximum Gasteiger partial charge on any atom is 0.0494 e. The van der Waals surface area contributed by atoms with Gasteiger partial charge >= 0.3 is 0 Å². The van der Waals surface area contributed by atoms with Gasteiger partial charge in [0.25, 0.3) is 0 Å². The van der Waals surface area contributed by atoms with Gasteiger partial charge in [-0.15, -0.1) is 0 Å². The zero-order chi connectivity index (χ0) is 11.2. The van der Waals surface area contributed by atoms with Crippen LogP contribution in [0.5, 0.6) is 0 Å². The lowest BCUT2D eigenvalue weighted by molar-refractivity contribution is 0.0509. The second kappa shape index (κ2) is 6.41. The zero-order valence-corrected chi connectivity index (χ0v) is 11.2. The van der Waals surface area contributed by atoms with Crippen LogP contribution in [0.25, 0.3) is 0 Å². The first-order valence-corrected chi connectivity index (χ1v) is 7.04. The van der Waals surface area contributed by atoms with Gasteiger partial charge in [0.05, 0.1) is 0 Å². The molecule has 1 fully saturated rings. The highest BCUT2D eigenvalue weighted by Gasteiger charge is 2.16. The number of ether oxygens (including phenoxy) is 1. The molecule has 0 spiro atoms. The fourth-order valence-corrected chi connectivity index (χ4v) is 2.82. The normalized spacial score (nSPS) is 22.9. The molecule has 1 aromatic carbocycles. The molecule has 88 valence electrons. The predicted molar refractivity (Wildman–Crippen MR) is 70.9 cm³/mol. The summed E-state index contributed by atoms with van der Waals surface area (Å²) in [5, 5.41) is 0. The molecule has 0 amide bonds. The number of halogens is 1. The summed E-state index contributed by atoms with van der Waals surface area (Å²) in [5.41, 5.74) is 1.39. The smallest absolute Gasteiger partial charge is 0.0494 e. The van der Waals surface area contributed by atoms with E-state index in [0.717, 1.165) is 19.1 Å². The van der Waals surface area contributed by atoms with Gasteiger partial charge in [-0.05, 0) is 37.2 Å². The van der Waals surface area contributed by atoms with Crippen LogP contribution in [0.4, 0.5) is 0 Å². The zero-order valence-electron chi connectivity index (χ0n) is 9.57. The largest absolute Gasteiger partial charge is 0.381 e. The van der Waals surface area contributed by atoms with E-state index < -0.39 is 0 Å². The average Bonchev–Trinajstić information content (AvgIpc) is 2.38. The maximum atomic E-state index is 5.50. The summed E-state index contributed by atoms with van der Waals surface area (Å²) in [5.74, 6) is 0.775. The van der Waals surface area contributed by atoms with Crippen molar-refractivity contribution in [3.63, 3.8) is 0 Å². The first-order chi connectivity index (χ1) is 7.86. The lowest BCUT2D eigenvalue weighted by Gasteiger charge is -2.23. The molecule has 1 aliphatic rings. The summed E-state index contributed by atoms with van der Waals surface area (Å²) in [7, 11) is 0. The van der Waals surface area contributed by atoms with Gasteiger partial charge in [0.2, 0.25) is 0 Å². The number of rotatable bonds is 4. The molecule has 0 radical (unpaired) electrons. The van der Waals surface area contributed by atoms with Crippen LogP contribution in [0.2, 0.25) is 0 Å². The van der Waals surface area contributed by atoms with E-state index in [1.807, 2.05) is 0 Å². The van der Waals surface area contributed by atoms with Crippen molar-refractivity contribution < 1.29 is 4.74 Å². The fraction of sp³-hybridized carbons (Fsp3) is 0.571. The molecule has 1 aliphatic heterocycles. The lowest BCUT2D eigenvalue weighted by Crippen LogP contribution is -2.17. The third-order valence-corrected chi connectivity index (χ3v) is 4.23. The molecule has 2 heteroatoms. The first-order valence-electron chi connectivity index (χ1n) is 6.13. The van der Waals surface area contributed by atoms with Crippen molar-refractivity contribution in [1.82, 2.24) is 0 Å². The Morgan fingerprint density at radius 3 is 2.81 bits per heavy atom. The van der Waals surface area contributed by atoms with E-state index >= 15 is 0 Å². The topological polar surface area (TPSA) is 9.23 Å². The Balaban J connectivity index is 1.77. The van der Waals surface area contributed by atoms with Crippen molar-refractivity contribution >= 4 is 15.9 Å². The van der Waals surface area contributed by atoms with Crippen molar-refractivity contribution in [2.24, 2.45) is 5.92 Å². The van der Waals surface area contributed by atoms with E-state index in [0.29, 0.717) is 4.83 Å². The van der Waals surface area contributed by atoms with Gasteiger partial charge < -0.3 is 4.74 Å². The van der Waals surface area contributed by atoms with E-state index in [4.69, 9.17) is 4.74 Å². The predicted octanol–water partition coefficient (Wildman–Crippen LogP) is 4.33. The molecule has 1 aromatic rings. The fourth-order valence-electron chi connectivity index (χ4n) is 2.25. The minimum Gasteiger partial charge on any atom is -0.381 e. The molecule has 0 saturated carbocycles. The molecule has 1 heterocycles. The van der Waals surface area contributed by atoms with Crippen LogP contribution in [-0.2, 0) is 4.74 Å². The van der Waals surface area contributed by atoms with Crippen molar-refractivity contribution in [3.8, 4) is 0 Å². The highest BCUT2D eigenvalue weighted by atomic mass is 79.9. The molecule has 1 nitrogen and oxygen atoms in total. The van der Waals surface area contributed by atoms with E-state index in [2.05, 4.69) is 46.3 Å². The molecule has 2 rings (SSSR count). The molecule has 16 heavy (non-hydrogen) atoms. The lowest BCUT2D eigenvalue weighted by atomic mass is 9.95. The van der Waals surface area contributed by atoms with Crippen molar-refractivity contribution in [2.45, 2.75) is 30.5 Å². The van der Waals surface area contributed by atoms with Gasteiger partial charge in [-0.3, -0.25) is 0 Å². The van der Waals surface area contributed by atoms with Crippen molar-refractivity contribution in [3.05, 3.63) is 35.9 Å². The summed E-state index contributed by atoms with van der Waals surface area (Å²) < 4.78 is 5.50. The van der Waals surface area contributed by atoms with Crippen LogP contribution in [0.15, 0.2) is 30.3 Å². The standard InChI is InChI=1S/C14H19BrO/c15-14(13-6-2-1-3-7-13)9-8-12-5-4-10-16-11-12/h1-3,6-7,12,14H,4-5,8-11H2. The van der Waals surface area contributed by atoms with E-state index in [-0.39, 0.29) is 0 Å². The molecule has 1 saturated heterocycles. The van der Waals surface area contributed by atoms with Crippen LogP contribution >= 0.6 is 15.9 Å². The Morgan fingerprint density at radius 2 is 2.12 bits per heavy atom. The summed E-state index contributed by atoms with van der Waals surface area (Å²) in [6, 6.07) is 10.7. The summed E-state index contributed by atoms with van der Waals surface area (Å²) >= 11 is 3.77. The van der Waals surface area contributed by atoms with E-state index in [9.17, 15) is 0 Å². The Labute approximate surface area is 106 Å². The monoisotopic (exact) mass is 282 g/mol. The van der Waals surface area contributed by atoms with Crippen LogP contribution in [0, 0.1) is 5.92 Å². The second-order valence-electron chi connectivity index (χ2n) is 4.54. The molecule has 0 bridgehead atoms. The van der Waals surface area contributed by atoms with E-state index in [1.54, 1.807) is 0 Å². The highest BCUT2D eigenvalue weighted by Crippen LogP contribution is 2.30. The van der Waals surface area contributed by atoms with Crippen LogP contribution in [0.1, 0.15) is 36.1 Å². The first kappa shape index (κ1) is 12.1. The Kier molecular flexibility index (Phi) is 4.86. The Hall–Kier alpha value is -0.340. The van der Waals surface area contributed by atoms with Crippen LogP contribution < -0.4 is 0 Å². The molecule has 2 unspecified atom stereocenters. The van der Waals surface area contributed by atoms with Crippen molar-refractivity contribution in [1.29, 1.82) is 0 Å². The number of benzene rings is 1. The van der Waals surface area contributed by atoms with Crippen LogP contribution in [0.3, 0.4) is 0 Å². The maximum absolute atomic E-state index is 5.50. The van der Waals surface area contributed by atoms with Gasteiger partial charge in [0.1, 0.15) is 0 Å². The summed E-state index contributed by atoms with van der Waals surface area (Å²) in [6.07, 6.45) is 5.06. The third-order valence-electron chi connectivity index (χ3n) is 3.24. The van der Waals surface area contributed by atoms with Crippen molar-refractivity contribution in [2.75, 3.05) is 13.2 Å². The molecule has 0 aromatic heterocycles. The average molecular weight is 283 g/mol. The molecule has 0 aliphatic carbocycles. The Morgan fingerprint density at radius 1 is 1.31 bits per heavy atom. The molecular formula is C14H19BrO. The summed E-state index contributed by atoms with van der Waals surface area (Å²) in [6.45, 7) is 1.93. The number of hydrogen-bond acceptors (Lipinski definition) is 1. The van der Waals surface area contributed by atoms with Gasteiger partial charge in [0.15, 0.2) is 0 Å². The van der Waals surface area contributed by atoms with E-state index in [1.165, 1.54) is 31.2 Å². The minimum absolute atomic E-state index is 0.496. The highest BCUT2D eigenvalue weighted by molar-refractivity contribution is 9.09. The van der Waals surface area contributed by atoms with Gasteiger partial charge in [-0.1, -0.05) is 46.3 Å². The minimum atomic E-state index is 0.496. The molecule has 2 atom stereocenters. The van der Waals surface area contributed by atoms with Gasteiger partial charge in [-0.2, -0.15) is 0 Å². The summed E-state index contributed by atoms with van der Waals surface area (Å²) in [4.78, 5) is 0.496. The quantitative estimate of drug-likeness (QED) is 0.747. The third kappa shape index (κ3) is 3.60. The number of alkyl halides is 1. The molecule has 0 N–H and O–H groups in total. The SMILES string of the molecule is BrC(CCC1CCCOC1)c1ccccc1. The molecular weight excluding hydrogens is 264 g/mol. The Bertz CT molecular complexity index is 293. The van der Waals surface area contributed by atoms with Crippen LogP contribution in [-0.4, -0.2) is 13.2 Å². The van der Waals surface area contributed by atoms with Gasteiger partial charge in [-0.25, -0.2) is 0 Å². The second-order valence-corrected chi connectivity index (χ2v) is 5.64. The van der Waals surface area contributed by atoms with Gasteiger partial charge in [0, 0.05) is 18.0 Å².